The molecule has 2 aliphatic rings. The van der Waals surface area contributed by atoms with Crippen LogP contribution in [0.15, 0.2) is 53.0 Å². The monoisotopic (exact) mass is 457 g/mol. The summed E-state index contributed by atoms with van der Waals surface area (Å²) in [7, 11) is 1.67. The quantitative estimate of drug-likeness (QED) is 0.707. The molecule has 2 saturated heterocycles. The van der Waals surface area contributed by atoms with Crippen LogP contribution in [0.4, 0.5) is 11.4 Å². The Balaban J connectivity index is 1.39. The molecule has 0 spiro atoms. The van der Waals surface area contributed by atoms with Gasteiger partial charge in [-0.25, -0.2) is 0 Å². The number of benzene rings is 2. The molecule has 0 aliphatic carbocycles. The molecule has 2 aliphatic heterocycles. The maximum Gasteiger partial charge on any atom is 0.228 e. The van der Waals surface area contributed by atoms with Gasteiger partial charge >= 0.3 is 0 Å². The number of halogens is 1. The molecular weight excluding hydrogens is 434 g/mol. The molecule has 0 saturated carbocycles. The highest BCUT2D eigenvalue weighted by Crippen LogP contribution is 2.33. The van der Waals surface area contributed by atoms with Gasteiger partial charge in [-0.2, -0.15) is 0 Å². The number of methoxy groups -OCH3 is 1. The third-order valence-corrected chi connectivity index (χ3v) is 6.31. The van der Waals surface area contributed by atoms with Crippen molar-refractivity contribution in [1.29, 1.82) is 0 Å². The number of hydrogen-bond acceptors (Lipinski definition) is 4. The number of para-hydroxylation sites is 3. The standard InChI is InChI=1S/C22H24BrN3O3/c1-29-20-9-5-4-8-19(20)24-10-12-25(13-11-24)22(28)16-14-21(27)26(15-16)18-7-3-2-6-17(18)23/h2-9,16H,10-15H2,1H3. The summed E-state index contributed by atoms with van der Waals surface area (Å²) in [6, 6.07) is 15.6. The summed E-state index contributed by atoms with van der Waals surface area (Å²) in [5, 5.41) is 0. The van der Waals surface area contributed by atoms with Crippen molar-refractivity contribution in [2.24, 2.45) is 5.92 Å². The van der Waals surface area contributed by atoms with Crippen molar-refractivity contribution in [2.75, 3.05) is 49.6 Å². The predicted octanol–water partition coefficient (Wildman–Crippen LogP) is 3.16. The lowest BCUT2D eigenvalue weighted by atomic mass is 10.1. The molecule has 0 N–H and O–H groups in total. The Morgan fingerprint density at radius 3 is 2.34 bits per heavy atom. The molecular formula is C22H24BrN3O3. The zero-order valence-electron chi connectivity index (χ0n) is 16.4. The maximum atomic E-state index is 13.1. The third kappa shape index (κ3) is 3.96. The van der Waals surface area contributed by atoms with Crippen LogP contribution in [0.5, 0.6) is 5.75 Å². The van der Waals surface area contributed by atoms with Gasteiger partial charge in [0.2, 0.25) is 11.8 Å². The minimum atomic E-state index is -0.285. The highest BCUT2D eigenvalue weighted by Gasteiger charge is 2.38. The average molecular weight is 458 g/mol. The molecule has 7 heteroatoms. The number of hydrogen-bond donors (Lipinski definition) is 0. The summed E-state index contributed by atoms with van der Waals surface area (Å²) in [4.78, 5) is 31.5. The van der Waals surface area contributed by atoms with E-state index in [9.17, 15) is 9.59 Å². The fourth-order valence-corrected chi connectivity index (χ4v) is 4.59. The largest absolute Gasteiger partial charge is 0.495 e. The van der Waals surface area contributed by atoms with Gasteiger partial charge in [-0.3, -0.25) is 9.59 Å². The fraction of sp³-hybridized carbons (Fsp3) is 0.364. The predicted molar refractivity (Wildman–Crippen MR) is 116 cm³/mol. The van der Waals surface area contributed by atoms with E-state index in [4.69, 9.17) is 4.74 Å². The van der Waals surface area contributed by atoms with Crippen LogP contribution in [0.2, 0.25) is 0 Å². The van der Waals surface area contributed by atoms with E-state index in [2.05, 4.69) is 20.8 Å². The number of piperazine rings is 1. The van der Waals surface area contributed by atoms with Crippen LogP contribution in [0.1, 0.15) is 6.42 Å². The van der Waals surface area contributed by atoms with Crippen LogP contribution in [0.3, 0.4) is 0 Å². The highest BCUT2D eigenvalue weighted by atomic mass is 79.9. The average Bonchev–Trinajstić information content (AvgIpc) is 3.15. The zero-order chi connectivity index (χ0) is 20.4. The van der Waals surface area contributed by atoms with Crippen molar-refractivity contribution in [2.45, 2.75) is 6.42 Å². The van der Waals surface area contributed by atoms with Crippen LogP contribution < -0.4 is 14.5 Å². The SMILES string of the molecule is COc1ccccc1N1CCN(C(=O)C2CC(=O)N(c3ccccc3Br)C2)CC1. The molecule has 29 heavy (non-hydrogen) atoms. The van der Waals surface area contributed by atoms with E-state index < -0.39 is 0 Å². The van der Waals surface area contributed by atoms with Gasteiger partial charge in [0.25, 0.3) is 0 Å². The lowest BCUT2D eigenvalue weighted by molar-refractivity contribution is -0.136. The number of carbonyl (C=O) groups excluding carboxylic acids is 2. The van der Waals surface area contributed by atoms with Crippen LogP contribution in [0, 0.1) is 5.92 Å². The second-order valence-electron chi connectivity index (χ2n) is 7.34. The second-order valence-corrected chi connectivity index (χ2v) is 8.20. The number of nitrogens with zero attached hydrogens (tertiary/aromatic N) is 3. The Labute approximate surface area is 179 Å². The minimum absolute atomic E-state index is 0.00269. The fourth-order valence-electron chi connectivity index (χ4n) is 4.09. The van der Waals surface area contributed by atoms with Crippen molar-refractivity contribution in [1.82, 2.24) is 4.90 Å². The molecule has 2 aromatic rings. The molecule has 152 valence electrons. The Kier molecular flexibility index (Phi) is 5.76. The topological polar surface area (TPSA) is 53.1 Å². The third-order valence-electron chi connectivity index (χ3n) is 5.63. The molecule has 2 amide bonds. The Morgan fingerprint density at radius 1 is 1.00 bits per heavy atom. The summed E-state index contributed by atoms with van der Waals surface area (Å²) in [6.07, 6.45) is 0.271. The molecule has 0 radical (unpaired) electrons. The van der Waals surface area contributed by atoms with E-state index in [1.54, 1.807) is 12.0 Å². The summed E-state index contributed by atoms with van der Waals surface area (Å²) in [5.41, 5.74) is 1.88. The Morgan fingerprint density at radius 2 is 1.66 bits per heavy atom. The van der Waals surface area contributed by atoms with E-state index in [0.29, 0.717) is 19.6 Å². The number of ether oxygens (including phenoxy) is 1. The lowest BCUT2D eigenvalue weighted by Gasteiger charge is -2.37. The second kappa shape index (κ2) is 8.45. The van der Waals surface area contributed by atoms with E-state index in [-0.39, 0.29) is 24.2 Å². The molecule has 2 heterocycles. The van der Waals surface area contributed by atoms with Gasteiger partial charge in [0.1, 0.15) is 5.75 Å². The van der Waals surface area contributed by atoms with Gasteiger partial charge in [-0.1, -0.05) is 24.3 Å². The first kappa shape index (κ1) is 19.8. The van der Waals surface area contributed by atoms with Crippen LogP contribution in [0.25, 0.3) is 0 Å². The molecule has 1 unspecified atom stereocenters. The van der Waals surface area contributed by atoms with Crippen molar-refractivity contribution >= 4 is 39.1 Å². The van der Waals surface area contributed by atoms with Crippen molar-refractivity contribution in [3.05, 3.63) is 53.0 Å². The molecule has 6 nitrogen and oxygen atoms in total. The van der Waals surface area contributed by atoms with E-state index in [1.165, 1.54) is 0 Å². The summed E-state index contributed by atoms with van der Waals surface area (Å²) >= 11 is 3.50. The van der Waals surface area contributed by atoms with Crippen molar-refractivity contribution in [3.8, 4) is 5.75 Å². The lowest BCUT2D eigenvalue weighted by Crippen LogP contribution is -2.50. The number of anilines is 2. The van der Waals surface area contributed by atoms with E-state index >= 15 is 0 Å². The van der Waals surface area contributed by atoms with Crippen molar-refractivity contribution in [3.63, 3.8) is 0 Å². The van der Waals surface area contributed by atoms with Gasteiger partial charge in [-0.15, -0.1) is 0 Å². The van der Waals surface area contributed by atoms with Crippen LogP contribution in [-0.4, -0.2) is 56.5 Å². The molecule has 2 aromatic carbocycles. The number of rotatable bonds is 4. The first-order chi connectivity index (χ1) is 14.1. The van der Waals surface area contributed by atoms with Crippen LogP contribution in [-0.2, 0) is 9.59 Å². The van der Waals surface area contributed by atoms with E-state index in [0.717, 1.165) is 34.7 Å². The van der Waals surface area contributed by atoms with Gasteiger partial charge in [0.05, 0.1) is 24.4 Å². The maximum absolute atomic E-state index is 13.1. The van der Waals surface area contributed by atoms with Crippen molar-refractivity contribution < 1.29 is 14.3 Å². The normalized spacial score (nSPS) is 19.6. The first-order valence-corrected chi connectivity index (χ1v) is 10.6. The summed E-state index contributed by atoms with van der Waals surface area (Å²) < 4.78 is 6.33. The van der Waals surface area contributed by atoms with E-state index in [1.807, 2.05) is 53.4 Å². The van der Waals surface area contributed by atoms with Gasteiger partial charge in [-0.05, 0) is 40.2 Å². The van der Waals surface area contributed by atoms with Gasteiger partial charge < -0.3 is 19.4 Å². The summed E-state index contributed by atoms with van der Waals surface area (Å²) in [6.45, 7) is 3.24. The first-order valence-electron chi connectivity index (χ1n) is 9.80. The Bertz CT molecular complexity index is 912. The zero-order valence-corrected chi connectivity index (χ0v) is 18.0. The van der Waals surface area contributed by atoms with Gasteiger partial charge in [0, 0.05) is 43.6 Å². The minimum Gasteiger partial charge on any atom is -0.495 e. The smallest absolute Gasteiger partial charge is 0.228 e. The summed E-state index contributed by atoms with van der Waals surface area (Å²) in [5.74, 6) is 0.639. The highest BCUT2D eigenvalue weighted by molar-refractivity contribution is 9.10. The number of carbonyl (C=O) groups is 2. The molecule has 1 atom stereocenters. The molecule has 4 rings (SSSR count). The molecule has 0 bridgehead atoms. The molecule has 0 aromatic heterocycles. The number of amides is 2. The molecule has 2 fully saturated rings. The van der Waals surface area contributed by atoms with Crippen LogP contribution >= 0.6 is 15.9 Å². The Hall–Kier alpha value is -2.54. The van der Waals surface area contributed by atoms with Gasteiger partial charge in [0.15, 0.2) is 0 Å².